The third-order valence-electron chi connectivity index (χ3n) is 8.68. The van der Waals surface area contributed by atoms with Crippen molar-refractivity contribution in [1.29, 1.82) is 0 Å². The molecule has 2 heteroatoms. The van der Waals surface area contributed by atoms with E-state index in [0.717, 1.165) is 4.20 Å². The van der Waals surface area contributed by atoms with Gasteiger partial charge in [-0.15, -0.1) is 12.6 Å². The molecule has 0 saturated heterocycles. The molecule has 0 unspecified atom stereocenters. The Kier molecular flexibility index (Phi) is 29.8. The smallest absolute Gasteiger partial charge is 0.0507 e. The Morgan fingerprint density at radius 3 is 0.784 bits per heavy atom. The van der Waals surface area contributed by atoms with Crippen molar-refractivity contribution >= 4 is 29.0 Å². The Bertz CT molecular complexity index is 426. The van der Waals surface area contributed by atoms with Gasteiger partial charge in [0.2, 0.25) is 0 Å². The van der Waals surface area contributed by atoms with E-state index < -0.39 is 0 Å². The summed E-state index contributed by atoms with van der Waals surface area (Å²) >= 11 is 10.2. The van der Waals surface area contributed by atoms with Gasteiger partial charge < -0.3 is 0 Å². The van der Waals surface area contributed by atoms with Crippen LogP contribution < -0.4 is 0 Å². The molecule has 0 aliphatic heterocycles. The van der Waals surface area contributed by atoms with Crippen LogP contribution in [-0.4, -0.2) is 4.20 Å². The monoisotopic (exact) mass is 554 g/mol. The van der Waals surface area contributed by atoms with Crippen molar-refractivity contribution in [3.05, 3.63) is 0 Å². The van der Waals surface area contributed by atoms with Crippen LogP contribution in [0.15, 0.2) is 0 Å². The number of unbranched alkanes of at least 4 members (excludes halogenated alkanes) is 26. The Labute approximate surface area is 247 Å². The van der Waals surface area contributed by atoms with E-state index in [0.29, 0.717) is 0 Å². The molecular weight excluding hydrogens is 485 g/mol. The first-order valence-corrected chi connectivity index (χ1v) is 18.2. The van der Waals surface area contributed by atoms with Crippen LogP contribution in [0.25, 0.3) is 0 Å². The maximum absolute atomic E-state index is 5.59. The summed E-state index contributed by atoms with van der Waals surface area (Å²) in [6, 6.07) is 0. The fourth-order valence-electron chi connectivity index (χ4n) is 5.76. The standard InChI is InChI=1S/C35H70S2/c1-4-6-8-10-12-14-16-18-20-22-24-26-28-30-32-35(3,34(36)37)33-31-29-27-25-23-21-19-17-15-13-11-9-7-5-2/h4-33H2,1-3H3,(H,36,37). The van der Waals surface area contributed by atoms with Crippen molar-refractivity contribution in [1.82, 2.24) is 0 Å². The minimum atomic E-state index is 0.173. The molecular formula is C35H70S2. The third kappa shape index (κ3) is 26.4. The molecule has 0 atom stereocenters. The molecule has 0 saturated carbocycles. The van der Waals surface area contributed by atoms with Crippen LogP contribution in [0.3, 0.4) is 0 Å². The van der Waals surface area contributed by atoms with Gasteiger partial charge in [-0.2, -0.15) is 0 Å². The summed E-state index contributed by atoms with van der Waals surface area (Å²) in [6.07, 6.45) is 42.4. The van der Waals surface area contributed by atoms with Crippen molar-refractivity contribution in [2.45, 2.75) is 213 Å². The number of rotatable bonds is 31. The lowest BCUT2D eigenvalue weighted by molar-refractivity contribution is 0.364. The Balaban J connectivity index is 3.55. The second kappa shape index (κ2) is 29.4. The SMILES string of the molecule is CCCCCCCCCCCCCCCCC(C)(CCCCCCCCCCCCCCCC)C(=S)S. The predicted octanol–water partition coefficient (Wildman–Crippen LogP) is 14.0. The van der Waals surface area contributed by atoms with E-state index in [1.165, 1.54) is 193 Å². The van der Waals surface area contributed by atoms with E-state index in [4.69, 9.17) is 12.2 Å². The van der Waals surface area contributed by atoms with E-state index in [1.807, 2.05) is 0 Å². The molecule has 222 valence electrons. The largest absolute Gasteiger partial charge is 0.136 e. The van der Waals surface area contributed by atoms with Gasteiger partial charge in [-0.05, 0) is 12.8 Å². The van der Waals surface area contributed by atoms with Crippen LogP contribution in [0.1, 0.15) is 213 Å². The molecule has 0 bridgehead atoms. The predicted molar refractivity (Wildman–Crippen MR) is 180 cm³/mol. The molecule has 0 fully saturated rings. The first kappa shape index (κ1) is 37.4. The van der Waals surface area contributed by atoms with E-state index in [2.05, 4.69) is 33.4 Å². The molecule has 0 N–H and O–H groups in total. The zero-order valence-corrected chi connectivity index (χ0v) is 27.8. The van der Waals surface area contributed by atoms with Crippen LogP contribution in [0.5, 0.6) is 0 Å². The maximum Gasteiger partial charge on any atom is 0.0507 e. The van der Waals surface area contributed by atoms with Crippen LogP contribution in [0, 0.1) is 5.41 Å². The van der Waals surface area contributed by atoms with E-state index in [-0.39, 0.29) is 5.41 Å². The molecule has 37 heavy (non-hydrogen) atoms. The van der Waals surface area contributed by atoms with Crippen LogP contribution in [-0.2, 0) is 0 Å². The molecule has 0 aliphatic rings. The lowest BCUT2D eigenvalue weighted by Gasteiger charge is -2.28. The summed E-state index contributed by atoms with van der Waals surface area (Å²) in [7, 11) is 0. The highest BCUT2D eigenvalue weighted by Crippen LogP contribution is 2.34. The molecule has 0 radical (unpaired) electrons. The molecule has 0 aromatic carbocycles. The van der Waals surface area contributed by atoms with Crippen LogP contribution in [0.2, 0.25) is 0 Å². The summed E-state index contributed by atoms with van der Waals surface area (Å²) in [5.74, 6) is 0. The van der Waals surface area contributed by atoms with Gasteiger partial charge in [0.05, 0.1) is 4.20 Å². The van der Waals surface area contributed by atoms with Crippen LogP contribution >= 0.6 is 24.8 Å². The molecule has 0 heterocycles. The molecule has 0 rings (SSSR count). The van der Waals surface area contributed by atoms with Gasteiger partial charge in [0, 0.05) is 5.41 Å². The number of hydrogen-bond acceptors (Lipinski definition) is 1. The summed E-state index contributed by atoms with van der Waals surface area (Å²) in [6.45, 7) is 6.98. The molecule has 0 aromatic rings. The first-order chi connectivity index (χ1) is 18.1. The molecule has 0 spiro atoms. The number of thiocarbonyl (C=S) groups is 1. The highest BCUT2D eigenvalue weighted by Gasteiger charge is 2.26. The highest BCUT2D eigenvalue weighted by atomic mass is 32.1. The quantitative estimate of drug-likeness (QED) is 0.0505. The van der Waals surface area contributed by atoms with Gasteiger partial charge in [-0.3, -0.25) is 0 Å². The highest BCUT2D eigenvalue weighted by molar-refractivity contribution is 8.11. The molecule has 0 aliphatic carbocycles. The zero-order chi connectivity index (χ0) is 27.3. The van der Waals surface area contributed by atoms with Crippen molar-refractivity contribution in [3.63, 3.8) is 0 Å². The second-order valence-electron chi connectivity index (χ2n) is 12.6. The van der Waals surface area contributed by atoms with E-state index in [1.54, 1.807) is 0 Å². The lowest BCUT2D eigenvalue weighted by atomic mass is 9.81. The normalized spacial score (nSPS) is 11.9. The Morgan fingerprint density at radius 2 is 0.595 bits per heavy atom. The van der Waals surface area contributed by atoms with E-state index >= 15 is 0 Å². The summed E-state index contributed by atoms with van der Waals surface area (Å²) < 4.78 is 0.955. The molecule has 0 nitrogen and oxygen atoms in total. The second-order valence-corrected chi connectivity index (χ2v) is 13.7. The van der Waals surface area contributed by atoms with Gasteiger partial charge in [-0.1, -0.05) is 213 Å². The topological polar surface area (TPSA) is 0 Å². The first-order valence-electron chi connectivity index (χ1n) is 17.3. The average molecular weight is 555 g/mol. The van der Waals surface area contributed by atoms with Gasteiger partial charge in [-0.25, -0.2) is 0 Å². The molecule has 0 amide bonds. The van der Waals surface area contributed by atoms with Gasteiger partial charge in [0.25, 0.3) is 0 Å². The molecule has 0 aromatic heterocycles. The Morgan fingerprint density at radius 1 is 0.405 bits per heavy atom. The van der Waals surface area contributed by atoms with E-state index in [9.17, 15) is 0 Å². The average Bonchev–Trinajstić information content (AvgIpc) is 2.89. The van der Waals surface area contributed by atoms with Crippen LogP contribution in [0.4, 0.5) is 0 Å². The minimum absolute atomic E-state index is 0.173. The zero-order valence-electron chi connectivity index (χ0n) is 26.1. The van der Waals surface area contributed by atoms with Gasteiger partial charge in [0.15, 0.2) is 0 Å². The van der Waals surface area contributed by atoms with Crippen molar-refractivity contribution in [2.24, 2.45) is 5.41 Å². The Hall–Kier alpha value is 0.440. The summed E-state index contributed by atoms with van der Waals surface area (Å²) in [5, 5.41) is 0. The van der Waals surface area contributed by atoms with Crippen molar-refractivity contribution in [3.8, 4) is 0 Å². The van der Waals surface area contributed by atoms with Gasteiger partial charge in [0.1, 0.15) is 0 Å². The lowest BCUT2D eigenvalue weighted by Crippen LogP contribution is -2.22. The minimum Gasteiger partial charge on any atom is -0.136 e. The van der Waals surface area contributed by atoms with Crippen molar-refractivity contribution in [2.75, 3.05) is 0 Å². The number of hydrogen-bond donors (Lipinski definition) is 1. The number of thiol groups is 1. The fraction of sp³-hybridized carbons (Fsp3) is 0.971. The third-order valence-corrected chi connectivity index (χ3v) is 9.71. The maximum atomic E-state index is 5.59. The fourth-order valence-corrected chi connectivity index (χ4v) is 6.19. The van der Waals surface area contributed by atoms with Crippen molar-refractivity contribution < 1.29 is 0 Å². The summed E-state index contributed by atoms with van der Waals surface area (Å²) in [5.41, 5.74) is 0.173. The summed E-state index contributed by atoms with van der Waals surface area (Å²) in [4.78, 5) is 0. The van der Waals surface area contributed by atoms with Gasteiger partial charge >= 0.3 is 0 Å².